The van der Waals surface area contributed by atoms with Crippen LogP contribution in [0.15, 0.2) is 47.4 Å². The van der Waals surface area contributed by atoms with Crippen LogP contribution in [0.4, 0.5) is 13.2 Å². The molecule has 0 amide bonds. The van der Waals surface area contributed by atoms with Crippen molar-refractivity contribution >= 4 is 21.2 Å². The van der Waals surface area contributed by atoms with Crippen molar-refractivity contribution in [2.75, 3.05) is 32.4 Å². The predicted octanol–water partition coefficient (Wildman–Crippen LogP) is 4.28. The second-order valence-corrected chi connectivity index (χ2v) is 11.8. The Bertz CT molecular complexity index is 1230. The van der Waals surface area contributed by atoms with Crippen molar-refractivity contribution in [2.24, 2.45) is 7.05 Å². The van der Waals surface area contributed by atoms with Gasteiger partial charge in [0.05, 0.1) is 9.77 Å². The van der Waals surface area contributed by atoms with E-state index in [0.29, 0.717) is 10.6 Å². The fraction of sp³-hybridized carbons (Fsp3) is 0.435. The van der Waals surface area contributed by atoms with Gasteiger partial charge in [0.1, 0.15) is 11.4 Å². The summed E-state index contributed by atoms with van der Waals surface area (Å²) in [6.07, 6.45) is -2.21. The number of hydrogen-bond acceptors (Lipinski definition) is 6. The van der Waals surface area contributed by atoms with Crippen LogP contribution in [0.25, 0.3) is 10.6 Å². The normalized spacial score (nSPS) is 16.6. The maximum Gasteiger partial charge on any atom is 0.433 e. The first-order chi connectivity index (χ1) is 16.0. The van der Waals surface area contributed by atoms with Crippen LogP contribution in [0.1, 0.15) is 22.6 Å². The van der Waals surface area contributed by atoms with Crippen LogP contribution in [0, 0.1) is 0 Å². The summed E-state index contributed by atoms with van der Waals surface area (Å²) in [7, 11) is -1.88. The number of nitrogens with zero attached hydrogens (tertiary/aromatic N) is 4. The highest BCUT2D eigenvalue weighted by atomic mass is 32.2. The number of halogens is 3. The molecule has 0 saturated carbocycles. The first-order valence-corrected chi connectivity index (χ1v) is 13.6. The highest BCUT2D eigenvalue weighted by Crippen LogP contribution is 2.34. The summed E-state index contributed by atoms with van der Waals surface area (Å²) >= 11 is 1.48. The van der Waals surface area contributed by atoms with Gasteiger partial charge in [-0.15, -0.1) is 11.3 Å². The summed E-state index contributed by atoms with van der Waals surface area (Å²) in [5, 5.41) is 4.04. The van der Waals surface area contributed by atoms with Crippen molar-refractivity contribution < 1.29 is 21.6 Å². The highest BCUT2D eigenvalue weighted by molar-refractivity contribution is 7.90. The zero-order valence-corrected chi connectivity index (χ0v) is 20.7. The Morgan fingerprint density at radius 3 is 2.21 bits per heavy atom. The molecule has 4 rings (SSSR count). The van der Waals surface area contributed by atoms with Crippen molar-refractivity contribution in [1.29, 1.82) is 0 Å². The van der Waals surface area contributed by atoms with E-state index in [0.717, 1.165) is 71.8 Å². The summed E-state index contributed by atoms with van der Waals surface area (Å²) in [6.45, 7) is 5.19. The molecule has 1 aliphatic rings. The van der Waals surface area contributed by atoms with Crippen LogP contribution in [0.5, 0.6) is 0 Å². The fourth-order valence-corrected chi connectivity index (χ4v) is 5.75. The van der Waals surface area contributed by atoms with E-state index in [-0.39, 0.29) is 0 Å². The second kappa shape index (κ2) is 9.80. The molecule has 34 heavy (non-hydrogen) atoms. The van der Waals surface area contributed by atoms with Crippen molar-refractivity contribution in [1.82, 2.24) is 19.6 Å². The standard InChI is InChI=1S/C23H27F3N4O2S2/c1-28-22(23(24,25)26)14-20(27-28)21-9-6-18(33-21)16-30-11-3-10-29(12-13-30)15-17-4-7-19(8-5-17)34(2,31)32/h4-9,14H,3,10-13,15-16H2,1-2H3. The molecule has 0 N–H and O–H groups in total. The number of hydrogen-bond donors (Lipinski definition) is 0. The molecule has 1 aromatic carbocycles. The molecular formula is C23H27F3N4O2S2. The largest absolute Gasteiger partial charge is 0.433 e. The molecule has 184 valence electrons. The topological polar surface area (TPSA) is 58.4 Å². The zero-order chi connectivity index (χ0) is 24.5. The minimum Gasteiger partial charge on any atom is -0.298 e. The maximum atomic E-state index is 13.1. The Morgan fingerprint density at radius 2 is 1.62 bits per heavy atom. The number of aryl methyl sites for hydroxylation is 1. The molecule has 1 aliphatic heterocycles. The Hall–Kier alpha value is -2.21. The van der Waals surface area contributed by atoms with E-state index in [1.807, 2.05) is 24.3 Å². The molecule has 0 spiro atoms. The van der Waals surface area contributed by atoms with Gasteiger partial charge >= 0.3 is 6.18 Å². The lowest BCUT2D eigenvalue weighted by Gasteiger charge is -2.21. The molecule has 0 bridgehead atoms. The number of benzene rings is 1. The molecule has 11 heteroatoms. The van der Waals surface area contributed by atoms with Crippen LogP contribution in [-0.4, -0.2) is 60.4 Å². The number of sulfone groups is 1. The summed E-state index contributed by atoms with van der Waals surface area (Å²) < 4.78 is 63.4. The van der Waals surface area contributed by atoms with Gasteiger partial charge < -0.3 is 0 Å². The smallest absolute Gasteiger partial charge is 0.298 e. The van der Waals surface area contributed by atoms with E-state index in [1.165, 1.54) is 24.6 Å². The number of aromatic nitrogens is 2. The minimum absolute atomic E-state index is 0.328. The monoisotopic (exact) mass is 512 g/mol. The van der Waals surface area contributed by atoms with Crippen molar-refractivity contribution in [3.8, 4) is 10.6 Å². The zero-order valence-electron chi connectivity index (χ0n) is 19.0. The van der Waals surface area contributed by atoms with Crippen molar-refractivity contribution in [2.45, 2.75) is 30.6 Å². The molecule has 2 aromatic heterocycles. The Kier molecular flexibility index (Phi) is 7.18. The molecule has 0 radical (unpaired) electrons. The summed E-state index contributed by atoms with van der Waals surface area (Å²) in [6, 6.07) is 12.0. The molecule has 1 fully saturated rings. The molecule has 6 nitrogen and oxygen atoms in total. The van der Waals surface area contributed by atoms with Gasteiger partial charge in [0.15, 0.2) is 9.84 Å². The molecule has 0 unspecified atom stereocenters. The van der Waals surface area contributed by atoms with Gasteiger partial charge in [-0.05, 0) is 55.4 Å². The van der Waals surface area contributed by atoms with Gasteiger partial charge in [0.25, 0.3) is 0 Å². The van der Waals surface area contributed by atoms with E-state index in [4.69, 9.17) is 0 Å². The van der Waals surface area contributed by atoms with Crippen LogP contribution < -0.4 is 0 Å². The Balaban J connectivity index is 1.34. The van der Waals surface area contributed by atoms with Gasteiger partial charge in [0, 0.05) is 44.4 Å². The number of alkyl halides is 3. The van der Waals surface area contributed by atoms with Gasteiger partial charge in [-0.25, -0.2) is 8.42 Å². The summed E-state index contributed by atoms with van der Waals surface area (Å²) in [5.41, 5.74) is 0.670. The lowest BCUT2D eigenvalue weighted by atomic mass is 10.2. The molecule has 0 aliphatic carbocycles. The van der Waals surface area contributed by atoms with Crippen LogP contribution in [0.3, 0.4) is 0 Å². The molecule has 3 heterocycles. The van der Waals surface area contributed by atoms with Gasteiger partial charge in [-0.1, -0.05) is 12.1 Å². The molecule has 3 aromatic rings. The third kappa shape index (κ3) is 6.07. The fourth-order valence-electron chi connectivity index (χ4n) is 4.11. The van der Waals surface area contributed by atoms with Crippen LogP contribution in [-0.2, 0) is 36.2 Å². The van der Waals surface area contributed by atoms with E-state index in [1.54, 1.807) is 12.1 Å². The van der Waals surface area contributed by atoms with Crippen LogP contribution >= 0.6 is 11.3 Å². The molecule has 1 saturated heterocycles. The highest BCUT2D eigenvalue weighted by Gasteiger charge is 2.35. The first kappa shape index (κ1) is 24.9. The summed E-state index contributed by atoms with van der Waals surface area (Å²) in [4.78, 5) is 6.88. The predicted molar refractivity (Wildman–Crippen MR) is 126 cm³/mol. The van der Waals surface area contributed by atoms with E-state index >= 15 is 0 Å². The number of thiophene rings is 1. The van der Waals surface area contributed by atoms with E-state index in [2.05, 4.69) is 14.9 Å². The van der Waals surface area contributed by atoms with Crippen molar-refractivity contribution in [3.63, 3.8) is 0 Å². The van der Waals surface area contributed by atoms with Gasteiger partial charge in [0.2, 0.25) is 0 Å². The van der Waals surface area contributed by atoms with Gasteiger partial charge in [-0.2, -0.15) is 18.3 Å². The third-order valence-electron chi connectivity index (χ3n) is 5.90. The van der Waals surface area contributed by atoms with E-state index in [9.17, 15) is 21.6 Å². The molecule has 0 atom stereocenters. The molecular weight excluding hydrogens is 485 g/mol. The Labute approximate surface area is 201 Å². The third-order valence-corrected chi connectivity index (χ3v) is 8.12. The lowest BCUT2D eigenvalue weighted by Crippen LogP contribution is -2.30. The average Bonchev–Trinajstić information content (AvgIpc) is 3.31. The van der Waals surface area contributed by atoms with Crippen molar-refractivity contribution in [3.05, 3.63) is 58.6 Å². The minimum atomic E-state index is -4.42. The quantitative estimate of drug-likeness (QED) is 0.494. The lowest BCUT2D eigenvalue weighted by molar-refractivity contribution is -0.143. The second-order valence-electron chi connectivity index (χ2n) is 8.62. The summed E-state index contributed by atoms with van der Waals surface area (Å²) in [5.74, 6) is 0. The van der Waals surface area contributed by atoms with Crippen LogP contribution in [0.2, 0.25) is 0 Å². The SMILES string of the molecule is Cn1nc(-c2ccc(CN3CCCN(Cc4ccc(S(C)(=O)=O)cc4)CC3)s2)cc1C(F)(F)F. The van der Waals surface area contributed by atoms with E-state index < -0.39 is 21.7 Å². The average molecular weight is 513 g/mol. The maximum absolute atomic E-state index is 13.1. The van der Waals surface area contributed by atoms with Gasteiger partial charge in [-0.3, -0.25) is 14.5 Å². The number of rotatable bonds is 6. The first-order valence-electron chi connectivity index (χ1n) is 10.9. The Morgan fingerprint density at radius 1 is 0.971 bits per heavy atom.